The molecular weight excluding hydrogens is 524 g/mol. The first kappa shape index (κ1) is 40.8. The standard InChI is InChI=1S/C37H70O5/c1-3-5-7-9-11-13-15-17-18-20-21-23-25-27-29-31-34(39)37(35(40)33-38)42-36(41)32-30-28-26-24-22-19-16-14-12-10-8-6-4-2/h17-18,35,37-38,40H,3-16,19-33H2,1-2H3/t35-,37+/m0/s1. The van der Waals surface area contributed by atoms with E-state index in [1.807, 2.05) is 0 Å². The second kappa shape index (κ2) is 32.7. The molecule has 0 bridgehead atoms. The van der Waals surface area contributed by atoms with Gasteiger partial charge in [0.25, 0.3) is 0 Å². The number of carbonyl (C=O) groups is 2. The number of ketones is 1. The van der Waals surface area contributed by atoms with E-state index in [0.29, 0.717) is 0 Å². The molecule has 248 valence electrons. The summed E-state index contributed by atoms with van der Waals surface area (Å²) in [6, 6.07) is 0. The number of ether oxygens (including phenoxy) is 1. The molecule has 0 unspecified atom stereocenters. The summed E-state index contributed by atoms with van der Waals surface area (Å²) in [6.45, 7) is 3.92. The van der Waals surface area contributed by atoms with E-state index in [9.17, 15) is 19.8 Å². The lowest BCUT2D eigenvalue weighted by molar-refractivity contribution is -0.163. The first-order valence-electron chi connectivity index (χ1n) is 18.2. The van der Waals surface area contributed by atoms with E-state index in [1.54, 1.807) is 0 Å². The summed E-state index contributed by atoms with van der Waals surface area (Å²) in [6.07, 6.45) is 34.0. The summed E-state index contributed by atoms with van der Waals surface area (Å²) >= 11 is 0. The number of Topliss-reactive ketones (excluding diaryl/α,β-unsaturated/α-hetero) is 1. The zero-order valence-corrected chi connectivity index (χ0v) is 27.9. The Morgan fingerprint density at radius 2 is 0.905 bits per heavy atom. The van der Waals surface area contributed by atoms with E-state index >= 15 is 0 Å². The second-order valence-corrected chi connectivity index (χ2v) is 12.5. The topological polar surface area (TPSA) is 83.8 Å². The van der Waals surface area contributed by atoms with Gasteiger partial charge >= 0.3 is 5.97 Å². The van der Waals surface area contributed by atoms with Crippen molar-refractivity contribution in [3.8, 4) is 0 Å². The average Bonchev–Trinajstić information content (AvgIpc) is 2.99. The van der Waals surface area contributed by atoms with E-state index in [0.717, 1.165) is 51.4 Å². The Morgan fingerprint density at radius 1 is 0.548 bits per heavy atom. The fraction of sp³-hybridized carbons (Fsp3) is 0.892. The van der Waals surface area contributed by atoms with E-state index in [-0.39, 0.29) is 18.6 Å². The molecule has 0 aromatic carbocycles. The summed E-state index contributed by atoms with van der Waals surface area (Å²) in [5.41, 5.74) is 0. The highest BCUT2D eigenvalue weighted by Crippen LogP contribution is 2.15. The van der Waals surface area contributed by atoms with Crippen LogP contribution in [-0.4, -0.2) is 40.8 Å². The van der Waals surface area contributed by atoms with Gasteiger partial charge in [0.05, 0.1) is 6.61 Å². The van der Waals surface area contributed by atoms with Crippen LogP contribution in [0, 0.1) is 0 Å². The summed E-state index contributed by atoms with van der Waals surface area (Å²) in [5, 5.41) is 19.5. The first-order valence-corrected chi connectivity index (χ1v) is 18.2. The number of hydrogen-bond acceptors (Lipinski definition) is 5. The molecule has 0 aliphatic heterocycles. The predicted molar refractivity (Wildman–Crippen MR) is 178 cm³/mol. The smallest absolute Gasteiger partial charge is 0.306 e. The molecular formula is C37H70O5. The molecule has 0 aliphatic rings. The monoisotopic (exact) mass is 595 g/mol. The average molecular weight is 595 g/mol. The minimum atomic E-state index is -1.35. The van der Waals surface area contributed by atoms with Crippen molar-refractivity contribution in [1.82, 2.24) is 0 Å². The van der Waals surface area contributed by atoms with Crippen LogP contribution in [0.4, 0.5) is 0 Å². The third-order valence-corrected chi connectivity index (χ3v) is 8.28. The third kappa shape index (κ3) is 27.6. The quantitative estimate of drug-likeness (QED) is 0.0448. The molecule has 2 atom stereocenters. The molecule has 0 fully saturated rings. The molecule has 0 amide bonds. The molecule has 0 spiro atoms. The predicted octanol–water partition coefficient (Wildman–Crippen LogP) is 10.3. The minimum absolute atomic E-state index is 0.257. The Labute approximate surface area is 260 Å². The van der Waals surface area contributed by atoms with Gasteiger partial charge in [0.15, 0.2) is 11.9 Å². The van der Waals surface area contributed by atoms with Crippen molar-refractivity contribution >= 4 is 11.8 Å². The maximum absolute atomic E-state index is 12.6. The summed E-state index contributed by atoms with van der Waals surface area (Å²) in [7, 11) is 0. The Balaban J connectivity index is 3.83. The maximum atomic E-state index is 12.6. The van der Waals surface area contributed by atoms with Crippen LogP contribution in [0.15, 0.2) is 12.2 Å². The van der Waals surface area contributed by atoms with Gasteiger partial charge in [-0.3, -0.25) is 9.59 Å². The number of aliphatic hydroxyl groups excluding tert-OH is 2. The molecule has 0 aromatic rings. The van der Waals surface area contributed by atoms with E-state index < -0.39 is 24.8 Å². The molecule has 0 rings (SSSR count). The van der Waals surface area contributed by atoms with Crippen LogP contribution in [0.1, 0.15) is 194 Å². The van der Waals surface area contributed by atoms with Crippen LogP contribution in [0.2, 0.25) is 0 Å². The zero-order chi connectivity index (χ0) is 30.9. The van der Waals surface area contributed by atoms with Crippen LogP contribution >= 0.6 is 0 Å². The van der Waals surface area contributed by atoms with Gasteiger partial charge < -0.3 is 14.9 Å². The maximum Gasteiger partial charge on any atom is 0.306 e. The molecule has 0 saturated heterocycles. The lowest BCUT2D eigenvalue weighted by Gasteiger charge is -2.20. The third-order valence-electron chi connectivity index (χ3n) is 8.28. The van der Waals surface area contributed by atoms with Crippen molar-refractivity contribution in [2.75, 3.05) is 6.61 Å². The Hall–Kier alpha value is -1.20. The fourth-order valence-corrected chi connectivity index (χ4v) is 5.45. The Kier molecular flexibility index (Phi) is 31.8. The number of allylic oxidation sites excluding steroid dienone is 2. The zero-order valence-electron chi connectivity index (χ0n) is 27.9. The van der Waals surface area contributed by atoms with Gasteiger partial charge in [-0.15, -0.1) is 0 Å². The van der Waals surface area contributed by atoms with Crippen molar-refractivity contribution in [1.29, 1.82) is 0 Å². The second-order valence-electron chi connectivity index (χ2n) is 12.5. The molecule has 2 N–H and O–H groups in total. The van der Waals surface area contributed by atoms with Crippen molar-refractivity contribution < 1.29 is 24.5 Å². The minimum Gasteiger partial charge on any atom is -0.451 e. The fourth-order valence-electron chi connectivity index (χ4n) is 5.45. The summed E-state index contributed by atoms with van der Waals surface area (Å²) < 4.78 is 5.34. The summed E-state index contributed by atoms with van der Waals surface area (Å²) in [4.78, 5) is 25.0. The van der Waals surface area contributed by atoms with Gasteiger partial charge in [0, 0.05) is 12.8 Å². The number of rotatable bonds is 33. The first-order chi connectivity index (χ1) is 20.6. The molecule has 0 saturated carbocycles. The number of hydrogen-bond donors (Lipinski definition) is 2. The van der Waals surface area contributed by atoms with E-state index in [4.69, 9.17) is 4.74 Å². The van der Waals surface area contributed by atoms with E-state index in [1.165, 1.54) is 116 Å². The van der Waals surface area contributed by atoms with Gasteiger partial charge in [0.1, 0.15) is 6.10 Å². The van der Waals surface area contributed by atoms with E-state index in [2.05, 4.69) is 26.0 Å². The molecule has 0 aromatic heterocycles. The highest BCUT2D eigenvalue weighted by molar-refractivity contribution is 5.86. The lowest BCUT2D eigenvalue weighted by atomic mass is 10.0. The van der Waals surface area contributed by atoms with Crippen molar-refractivity contribution in [2.45, 2.75) is 206 Å². The highest BCUT2D eigenvalue weighted by atomic mass is 16.6. The normalized spacial score (nSPS) is 13.0. The summed E-state index contributed by atoms with van der Waals surface area (Å²) in [5.74, 6) is -0.735. The molecule has 0 radical (unpaired) electrons. The molecule has 42 heavy (non-hydrogen) atoms. The van der Waals surface area contributed by atoms with Crippen molar-refractivity contribution in [2.24, 2.45) is 0 Å². The van der Waals surface area contributed by atoms with Crippen LogP contribution in [-0.2, 0) is 14.3 Å². The number of unbranched alkanes of at least 4 members (excludes halogenated alkanes) is 23. The van der Waals surface area contributed by atoms with Crippen molar-refractivity contribution in [3.05, 3.63) is 12.2 Å². The molecule has 5 nitrogen and oxygen atoms in total. The van der Waals surface area contributed by atoms with Crippen molar-refractivity contribution in [3.63, 3.8) is 0 Å². The van der Waals surface area contributed by atoms with Gasteiger partial charge in [-0.1, -0.05) is 154 Å². The van der Waals surface area contributed by atoms with Gasteiger partial charge in [-0.05, 0) is 38.5 Å². The SMILES string of the molecule is CCCCCCCCC=CCCCCCCCC(=O)[C@@H](OC(=O)CCCCCCCCCCCCCCC)[C@@H](O)CO. The van der Waals surface area contributed by atoms with Crippen LogP contribution in [0.25, 0.3) is 0 Å². The van der Waals surface area contributed by atoms with Gasteiger partial charge in [-0.2, -0.15) is 0 Å². The van der Waals surface area contributed by atoms with Crippen LogP contribution in [0.3, 0.4) is 0 Å². The number of aliphatic hydroxyl groups is 2. The Morgan fingerprint density at radius 3 is 1.31 bits per heavy atom. The molecule has 5 heteroatoms. The lowest BCUT2D eigenvalue weighted by Crippen LogP contribution is -2.40. The van der Waals surface area contributed by atoms with Gasteiger partial charge in [0.2, 0.25) is 0 Å². The highest BCUT2D eigenvalue weighted by Gasteiger charge is 2.29. The Bertz CT molecular complexity index is 617. The van der Waals surface area contributed by atoms with Crippen LogP contribution < -0.4 is 0 Å². The molecule has 0 heterocycles. The number of carbonyl (C=O) groups excluding carboxylic acids is 2. The largest absolute Gasteiger partial charge is 0.451 e. The van der Waals surface area contributed by atoms with Crippen LogP contribution in [0.5, 0.6) is 0 Å². The molecule has 0 aliphatic carbocycles. The van der Waals surface area contributed by atoms with Gasteiger partial charge in [-0.25, -0.2) is 0 Å². The number of esters is 1.